The number of halogens is 2. The number of amides is 1. The quantitative estimate of drug-likeness (QED) is 0.471. The predicted molar refractivity (Wildman–Crippen MR) is 105 cm³/mol. The van der Waals surface area contributed by atoms with Crippen LogP contribution in [0.5, 0.6) is 5.88 Å². The van der Waals surface area contributed by atoms with Gasteiger partial charge in [-0.15, -0.1) is 0 Å². The van der Waals surface area contributed by atoms with Crippen LogP contribution in [0.1, 0.15) is 13.8 Å². The smallest absolute Gasteiger partial charge is 0.388 e. The van der Waals surface area contributed by atoms with Gasteiger partial charge < -0.3 is 20.8 Å². The molecule has 10 heteroatoms. The third-order valence-corrected chi connectivity index (χ3v) is 4.18. The minimum atomic E-state index is -3.00. The van der Waals surface area contributed by atoms with Crippen LogP contribution in [0.15, 0.2) is 47.9 Å². The van der Waals surface area contributed by atoms with E-state index in [-0.39, 0.29) is 11.6 Å². The van der Waals surface area contributed by atoms with Crippen LogP contribution in [-0.2, 0) is 4.79 Å². The van der Waals surface area contributed by atoms with Crippen molar-refractivity contribution in [2.45, 2.75) is 20.5 Å². The van der Waals surface area contributed by atoms with Gasteiger partial charge in [-0.2, -0.15) is 8.78 Å². The zero-order valence-corrected chi connectivity index (χ0v) is 15.6. The Hall–Kier alpha value is -3.82. The Bertz CT molecular complexity index is 1120. The van der Waals surface area contributed by atoms with E-state index in [0.717, 1.165) is 0 Å². The van der Waals surface area contributed by atoms with Crippen molar-refractivity contribution < 1.29 is 18.3 Å². The Balaban J connectivity index is 1.89. The molecule has 0 aliphatic rings. The topological polar surface area (TPSA) is 130 Å². The number of aromatic nitrogens is 3. The molecule has 1 amide bonds. The molecule has 150 valence electrons. The number of allylic oxidation sites excluding steroid dienone is 1. The predicted octanol–water partition coefficient (Wildman–Crippen LogP) is 3.44. The standard InChI is InChI=1S/C19H18F2N6O2/c1-9(10(2)22)15(23)17(28)26-12-6-11-7-14(27-16(11)25-8-12)13-4-3-5-24-18(13)29-19(20)21/h3-8,19,23H,22H2,1-2H3,(H,25,27)(H,26,28)/b10-9-,23-15?. The molecule has 0 bridgehead atoms. The van der Waals surface area contributed by atoms with Gasteiger partial charge in [0.1, 0.15) is 11.4 Å². The van der Waals surface area contributed by atoms with Crippen LogP contribution in [0, 0.1) is 5.41 Å². The molecule has 29 heavy (non-hydrogen) atoms. The number of H-pyrrole nitrogens is 1. The van der Waals surface area contributed by atoms with Crippen molar-refractivity contribution in [1.82, 2.24) is 15.0 Å². The highest BCUT2D eigenvalue weighted by atomic mass is 19.3. The van der Waals surface area contributed by atoms with E-state index < -0.39 is 12.5 Å². The van der Waals surface area contributed by atoms with Crippen molar-refractivity contribution in [3.8, 4) is 17.1 Å². The average Bonchev–Trinajstić information content (AvgIpc) is 3.09. The maximum atomic E-state index is 12.6. The van der Waals surface area contributed by atoms with Crippen LogP contribution in [-0.4, -0.2) is 33.2 Å². The summed E-state index contributed by atoms with van der Waals surface area (Å²) in [6, 6.07) is 6.50. The lowest BCUT2D eigenvalue weighted by Crippen LogP contribution is -2.24. The summed E-state index contributed by atoms with van der Waals surface area (Å²) in [5, 5.41) is 11.1. The van der Waals surface area contributed by atoms with Gasteiger partial charge in [-0.05, 0) is 43.7 Å². The summed E-state index contributed by atoms with van der Waals surface area (Å²) < 4.78 is 29.7. The largest absolute Gasteiger partial charge is 0.416 e. The molecule has 3 heterocycles. The molecule has 5 N–H and O–H groups in total. The molecule has 0 saturated heterocycles. The highest BCUT2D eigenvalue weighted by Crippen LogP contribution is 2.31. The van der Waals surface area contributed by atoms with Crippen molar-refractivity contribution in [1.29, 1.82) is 5.41 Å². The van der Waals surface area contributed by atoms with E-state index in [1.54, 1.807) is 38.1 Å². The fourth-order valence-corrected chi connectivity index (χ4v) is 2.56. The number of pyridine rings is 2. The van der Waals surface area contributed by atoms with Gasteiger partial charge in [0.15, 0.2) is 0 Å². The van der Waals surface area contributed by atoms with Crippen LogP contribution >= 0.6 is 0 Å². The van der Waals surface area contributed by atoms with Gasteiger partial charge >= 0.3 is 6.61 Å². The molecule has 0 unspecified atom stereocenters. The number of fused-ring (bicyclic) bond motifs is 1. The number of anilines is 1. The van der Waals surface area contributed by atoms with Crippen LogP contribution in [0.3, 0.4) is 0 Å². The average molecular weight is 400 g/mol. The minimum absolute atomic E-state index is 0.213. The summed E-state index contributed by atoms with van der Waals surface area (Å²) >= 11 is 0. The van der Waals surface area contributed by atoms with Gasteiger partial charge in [-0.3, -0.25) is 10.2 Å². The van der Waals surface area contributed by atoms with E-state index in [2.05, 4.69) is 25.0 Å². The normalized spacial score (nSPS) is 12.0. The maximum Gasteiger partial charge on any atom is 0.388 e. The molecule has 0 radical (unpaired) electrons. The van der Waals surface area contributed by atoms with Gasteiger partial charge in [0.05, 0.1) is 23.1 Å². The molecule has 0 aromatic carbocycles. The first-order valence-corrected chi connectivity index (χ1v) is 8.48. The van der Waals surface area contributed by atoms with E-state index in [4.69, 9.17) is 11.1 Å². The van der Waals surface area contributed by atoms with Crippen LogP contribution in [0.2, 0.25) is 0 Å². The first kappa shape index (κ1) is 19.9. The highest BCUT2D eigenvalue weighted by Gasteiger charge is 2.16. The number of nitrogens with zero attached hydrogens (tertiary/aromatic N) is 2. The second-order valence-corrected chi connectivity index (χ2v) is 6.22. The van der Waals surface area contributed by atoms with Crippen molar-refractivity contribution in [2.75, 3.05) is 5.32 Å². The van der Waals surface area contributed by atoms with Gasteiger partial charge in [-0.1, -0.05) is 0 Å². The molecule has 0 atom stereocenters. The number of nitrogens with two attached hydrogens (primary N) is 1. The van der Waals surface area contributed by atoms with Crippen molar-refractivity contribution in [3.63, 3.8) is 0 Å². The molecule has 3 aromatic rings. The molecule has 0 spiro atoms. The number of aromatic amines is 1. The summed E-state index contributed by atoms with van der Waals surface area (Å²) in [4.78, 5) is 23.3. The number of rotatable bonds is 6. The van der Waals surface area contributed by atoms with E-state index >= 15 is 0 Å². The number of alkyl halides is 2. The summed E-state index contributed by atoms with van der Waals surface area (Å²) in [5.41, 5.74) is 7.81. The van der Waals surface area contributed by atoms with E-state index in [1.807, 2.05) is 0 Å². The van der Waals surface area contributed by atoms with Crippen molar-refractivity contribution in [3.05, 3.63) is 47.9 Å². The molecule has 3 aromatic heterocycles. The van der Waals surface area contributed by atoms with Gasteiger partial charge in [0.25, 0.3) is 5.91 Å². The lowest BCUT2D eigenvalue weighted by molar-refractivity contribution is -0.110. The fraction of sp³-hybridized carbons (Fsp3) is 0.158. The Morgan fingerprint density at radius 1 is 1.31 bits per heavy atom. The maximum absolute atomic E-state index is 12.6. The number of ether oxygens (including phenoxy) is 1. The summed E-state index contributed by atoms with van der Waals surface area (Å²) in [6.45, 7) is 0.193. The Labute approximate surface area is 164 Å². The minimum Gasteiger partial charge on any atom is -0.416 e. The Kier molecular flexibility index (Phi) is 5.53. The first-order valence-electron chi connectivity index (χ1n) is 8.48. The summed E-state index contributed by atoms with van der Waals surface area (Å²) in [7, 11) is 0. The van der Waals surface area contributed by atoms with Crippen molar-refractivity contribution in [2.24, 2.45) is 5.73 Å². The molecule has 8 nitrogen and oxygen atoms in total. The highest BCUT2D eigenvalue weighted by molar-refractivity contribution is 6.47. The number of hydrogen-bond acceptors (Lipinski definition) is 6. The zero-order valence-electron chi connectivity index (χ0n) is 15.6. The summed E-state index contributed by atoms with van der Waals surface area (Å²) in [6.07, 6.45) is 2.77. The molecule has 0 fully saturated rings. The molecular weight excluding hydrogens is 382 g/mol. The fourth-order valence-electron chi connectivity index (χ4n) is 2.56. The monoisotopic (exact) mass is 400 g/mol. The van der Waals surface area contributed by atoms with Crippen LogP contribution in [0.4, 0.5) is 14.5 Å². The molecule has 0 aliphatic carbocycles. The van der Waals surface area contributed by atoms with E-state index in [0.29, 0.717) is 39.2 Å². The van der Waals surface area contributed by atoms with Crippen LogP contribution in [0.25, 0.3) is 22.3 Å². The second-order valence-electron chi connectivity index (χ2n) is 6.22. The lowest BCUT2D eigenvalue weighted by Gasteiger charge is -2.07. The third kappa shape index (κ3) is 4.37. The van der Waals surface area contributed by atoms with E-state index in [9.17, 15) is 13.6 Å². The molecular formula is C19H18F2N6O2. The van der Waals surface area contributed by atoms with Crippen molar-refractivity contribution >= 4 is 28.3 Å². The zero-order chi connectivity index (χ0) is 21.1. The Morgan fingerprint density at radius 2 is 2.07 bits per heavy atom. The van der Waals surface area contributed by atoms with Gasteiger partial charge in [0.2, 0.25) is 5.88 Å². The van der Waals surface area contributed by atoms with Gasteiger partial charge in [0, 0.05) is 17.3 Å². The molecule has 0 saturated carbocycles. The SMILES string of the molecule is C/C(N)=C(\C)C(=N)C(=O)Nc1cnc2[nH]c(-c3cccnc3OC(F)F)cc2c1. The van der Waals surface area contributed by atoms with E-state index in [1.165, 1.54) is 12.4 Å². The van der Waals surface area contributed by atoms with Gasteiger partial charge in [-0.25, -0.2) is 9.97 Å². The number of carbonyl (C=O) groups is 1. The number of nitrogens with one attached hydrogen (secondary N) is 3. The molecule has 0 aliphatic heterocycles. The first-order chi connectivity index (χ1) is 13.8. The molecule has 3 rings (SSSR count). The summed E-state index contributed by atoms with van der Waals surface area (Å²) in [5.74, 6) is -0.834. The number of carbonyl (C=O) groups excluding carboxylic acids is 1. The second kappa shape index (κ2) is 8.05. The number of hydrogen-bond donors (Lipinski definition) is 4. The van der Waals surface area contributed by atoms with Crippen LogP contribution < -0.4 is 15.8 Å². The third-order valence-electron chi connectivity index (χ3n) is 4.18. The Morgan fingerprint density at radius 3 is 2.76 bits per heavy atom. The lowest BCUT2D eigenvalue weighted by atomic mass is 10.1.